The predicted molar refractivity (Wildman–Crippen MR) is 106 cm³/mol. The zero-order valence-electron chi connectivity index (χ0n) is 15.9. The van der Waals surface area contributed by atoms with Gasteiger partial charge in [0.1, 0.15) is 0 Å². The van der Waals surface area contributed by atoms with Crippen molar-refractivity contribution in [3.63, 3.8) is 0 Å². The number of benzene rings is 2. The first-order chi connectivity index (χ1) is 12.9. The summed E-state index contributed by atoms with van der Waals surface area (Å²) in [4.78, 5) is 27.5. The molecule has 1 unspecified atom stereocenters. The summed E-state index contributed by atoms with van der Waals surface area (Å²) in [7, 11) is 0. The van der Waals surface area contributed by atoms with E-state index in [1.165, 1.54) is 6.92 Å². The maximum absolute atomic E-state index is 13.4. The average molecular weight is 363 g/mol. The molecule has 27 heavy (non-hydrogen) atoms. The molecule has 1 aliphatic heterocycles. The Bertz CT molecular complexity index is 951. The number of nitrogens with zero attached hydrogens (tertiary/aromatic N) is 1. The van der Waals surface area contributed by atoms with Gasteiger partial charge in [-0.05, 0) is 49.1 Å². The lowest BCUT2D eigenvalue weighted by Gasteiger charge is -2.40. The fourth-order valence-electron chi connectivity index (χ4n) is 4.77. The molecule has 140 valence electrons. The van der Waals surface area contributed by atoms with E-state index in [-0.39, 0.29) is 23.3 Å². The molecular weight excluding hydrogens is 338 g/mol. The molecule has 1 aliphatic carbocycles. The third-order valence-corrected chi connectivity index (χ3v) is 5.96. The van der Waals surface area contributed by atoms with Crippen molar-refractivity contribution in [2.75, 3.05) is 0 Å². The largest absolute Gasteiger partial charge is 0.367 e. The molecule has 1 atom stereocenters. The van der Waals surface area contributed by atoms with E-state index >= 15 is 0 Å². The molecule has 1 saturated carbocycles. The van der Waals surface area contributed by atoms with E-state index in [0.29, 0.717) is 11.1 Å². The molecule has 1 N–H and O–H groups in total. The van der Waals surface area contributed by atoms with Crippen molar-refractivity contribution in [3.8, 4) is 0 Å². The van der Waals surface area contributed by atoms with Gasteiger partial charge in [0.05, 0.1) is 11.1 Å². The molecule has 0 radical (unpaired) electrons. The second-order valence-electron chi connectivity index (χ2n) is 7.86. The Hall–Kier alpha value is -2.46. The summed E-state index contributed by atoms with van der Waals surface area (Å²) < 4.78 is 0. The van der Waals surface area contributed by atoms with E-state index in [9.17, 15) is 14.7 Å². The summed E-state index contributed by atoms with van der Waals surface area (Å²) in [5.41, 5.74) is -0.300. The highest BCUT2D eigenvalue weighted by Gasteiger charge is 2.51. The number of ketones is 1. The number of hydrogen-bond acceptors (Lipinski definition) is 3. The van der Waals surface area contributed by atoms with Gasteiger partial charge in [-0.25, -0.2) is 0 Å². The van der Waals surface area contributed by atoms with E-state index in [4.69, 9.17) is 0 Å². The predicted octanol–water partition coefficient (Wildman–Crippen LogP) is 4.07. The molecule has 2 aromatic rings. The number of carbonyl (C=O) groups excluding carboxylic acids is 2. The fraction of sp³-hybridized carbons (Fsp3) is 0.391. The average Bonchev–Trinajstić information content (AvgIpc) is 2.87. The van der Waals surface area contributed by atoms with Crippen molar-refractivity contribution >= 4 is 28.0 Å². The third-order valence-electron chi connectivity index (χ3n) is 5.96. The van der Waals surface area contributed by atoms with E-state index < -0.39 is 5.72 Å². The van der Waals surface area contributed by atoms with Crippen LogP contribution in [0.2, 0.25) is 0 Å². The standard InChI is InChI=1S/C23H25NO3/c1-15(25)21-20(18-13-12-16-8-6-7-9-17(16)14-18)22(26)24(23(21,2)27)19-10-4-3-5-11-19/h6-9,12-14,19,27H,3-5,10-11H2,1-2H3. The van der Waals surface area contributed by atoms with E-state index in [1.807, 2.05) is 42.5 Å². The Kier molecular flexibility index (Phi) is 4.39. The third kappa shape index (κ3) is 2.88. The maximum Gasteiger partial charge on any atom is 0.257 e. The van der Waals surface area contributed by atoms with Crippen molar-refractivity contribution in [3.05, 3.63) is 53.6 Å². The number of fused-ring (bicyclic) bond motifs is 1. The van der Waals surface area contributed by atoms with Gasteiger partial charge in [0, 0.05) is 6.04 Å². The van der Waals surface area contributed by atoms with Crippen LogP contribution in [0.25, 0.3) is 16.3 Å². The van der Waals surface area contributed by atoms with Crippen LogP contribution in [0, 0.1) is 0 Å². The molecule has 4 rings (SSSR count). The first kappa shape index (κ1) is 17.9. The van der Waals surface area contributed by atoms with Crippen LogP contribution in [-0.4, -0.2) is 33.5 Å². The van der Waals surface area contributed by atoms with Crippen LogP contribution in [0.3, 0.4) is 0 Å². The number of amides is 1. The lowest BCUT2D eigenvalue weighted by molar-refractivity contribution is -0.147. The van der Waals surface area contributed by atoms with E-state index in [1.54, 1.807) is 11.8 Å². The van der Waals surface area contributed by atoms with E-state index in [2.05, 4.69) is 0 Å². The van der Waals surface area contributed by atoms with Gasteiger partial charge in [-0.3, -0.25) is 9.59 Å². The van der Waals surface area contributed by atoms with Gasteiger partial charge in [-0.1, -0.05) is 55.7 Å². The molecule has 0 spiro atoms. The highest BCUT2D eigenvalue weighted by molar-refractivity contribution is 6.30. The maximum atomic E-state index is 13.4. The highest BCUT2D eigenvalue weighted by Crippen LogP contribution is 2.43. The minimum Gasteiger partial charge on any atom is -0.367 e. The first-order valence-electron chi connectivity index (χ1n) is 9.72. The number of carbonyl (C=O) groups is 2. The second kappa shape index (κ2) is 6.61. The molecule has 4 nitrogen and oxygen atoms in total. The van der Waals surface area contributed by atoms with Crippen molar-refractivity contribution < 1.29 is 14.7 Å². The van der Waals surface area contributed by atoms with Gasteiger partial charge < -0.3 is 10.0 Å². The molecule has 0 saturated heterocycles. The molecule has 0 bridgehead atoms. The zero-order chi connectivity index (χ0) is 19.2. The summed E-state index contributed by atoms with van der Waals surface area (Å²) in [5, 5.41) is 13.4. The van der Waals surface area contributed by atoms with Gasteiger partial charge in [-0.15, -0.1) is 0 Å². The molecule has 2 aromatic carbocycles. The molecule has 1 fully saturated rings. The van der Waals surface area contributed by atoms with Crippen LogP contribution in [-0.2, 0) is 9.59 Å². The SMILES string of the molecule is CC(=O)C1=C(c2ccc3ccccc3c2)C(=O)N(C2CCCCC2)C1(C)O. The molecular formula is C23H25NO3. The van der Waals surface area contributed by atoms with E-state index in [0.717, 1.165) is 42.9 Å². The fourth-order valence-corrected chi connectivity index (χ4v) is 4.77. The summed E-state index contributed by atoms with van der Waals surface area (Å²) >= 11 is 0. The lowest BCUT2D eigenvalue weighted by atomic mass is 9.91. The minimum absolute atomic E-state index is 0.0199. The van der Waals surface area contributed by atoms with Crippen LogP contribution in [0.1, 0.15) is 51.5 Å². The summed E-state index contributed by atoms with van der Waals surface area (Å²) in [6.07, 6.45) is 5.00. The van der Waals surface area contributed by atoms with Crippen molar-refractivity contribution in [1.82, 2.24) is 4.90 Å². The molecule has 1 amide bonds. The molecule has 0 aromatic heterocycles. The molecule has 1 heterocycles. The minimum atomic E-state index is -1.56. The Morgan fingerprint density at radius 3 is 2.41 bits per heavy atom. The number of aliphatic hydroxyl groups is 1. The van der Waals surface area contributed by atoms with Crippen molar-refractivity contribution in [2.24, 2.45) is 0 Å². The molecule has 2 aliphatic rings. The van der Waals surface area contributed by atoms with Crippen LogP contribution in [0.5, 0.6) is 0 Å². The monoisotopic (exact) mass is 363 g/mol. The first-order valence-corrected chi connectivity index (χ1v) is 9.72. The Labute approximate surface area is 159 Å². The Morgan fingerprint density at radius 1 is 1.07 bits per heavy atom. The Morgan fingerprint density at radius 2 is 1.74 bits per heavy atom. The summed E-state index contributed by atoms with van der Waals surface area (Å²) in [5.74, 6) is -0.484. The van der Waals surface area contributed by atoms with Crippen molar-refractivity contribution in [1.29, 1.82) is 0 Å². The Balaban J connectivity index is 1.85. The van der Waals surface area contributed by atoms with Gasteiger partial charge in [0.15, 0.2) is 11.5 Å². The topological polar surface area (TPSA) is 57.6 Å². The highest BCUT2D eigenvalue weighted by atomic mass is 16.3. The van der Waals surface area contributed by atoms with Crippen molar-refractivity contribution in [2.45, 2.75) is 57.7 Å². The van der Waals surface area contributed by atoms with Crippen LogP contribution < -0.4 is 0 Å². The summed E-state index contributed by atoms with van der Waals surface area (Å²) in [6.45, 7) is 3.02. The quantitative estimate of drug-likeness (QED) is 0.894. The summed E-state index contributed by atoms with van der Waals surface area (Å²) in [6, 6.07) is 13.7. The van der Waals surface area contributed by atoms with Crippen LogP contribution in [0.15, 0.2) is 48.0 Å². The molecule has 4 heteroatoms. The van der Waals surface area contributed by atoms with Gasteiger partial charge >= 0.3 is 0 Å². The normalized spacial score (nSPS) is 24.1. The number of rotatable bonds is 3. The lowest BCUT2D eigenvalue weighted by Crippen LogP contribution is -2.52. The van der Waals surface area contributed by atoms with Crippen LogP contribution >= 0.6 is 0 Å². The zero-order valence-corrected chi connectivity index (χ0v) is 15.9. The van der Waals surface area contributed by atoms with Gasteiger partial charge in [0.2, 0.25) is 0 Å². The smallest absolute Gasteiger partial charge is 0.257 e. The van der Waals surface area contributed by atoms with Gasteiger partial charge in [-0.2, -0.15) is 0 Å². The number of Topliss-reactive ketones (excluding diaryl/α,β-unsaturated/α-hetero) is 1. The van der Waals surface area contributed by atoms with Gasteiger partial charge in [0.25, 0.3) is 5.91 Å². The van der Waals surface area contributed by atoms with Crippen LogP contribution in [0.4, 0.5) is 0 Å². The second-order valence-corrected chi connectivity index (χ2v) is 7.86. The number of hydrogen-bond donors (Lipinski definition) is 1.